The summed E-state index contributed by atoms with van der Waals surface area (Å²) < 4.78 is 11.7. The SMILES string of the molecule is COc1cc2c(cc1OC)CN(C(=O)C=Cc1cccc(Br)c1)CC2. The third-order valence-electron chi connectivity index (χ3n) is 4.30. The fourth-order valence-corrected chi connectivity index (χ4v) is 3.37. The Bertz CT molecular complexity index is 817. The van der Waals surface area contributed by atoms with E-state index in [0.29, 0.717) is 18.8 Å². The van der Waals surface area contributed by atoms with Crippen LogP contribution in [0.1, 0.15) is 16.7 Å². The van der Waals surface area contributed by atoms with Gasteiger partial charge in [0.1, 0.15) is 0 Å². The van der Waals surface area contributed by atoms with E-state index in [4.69, 9.17) is 9.47 Å². The zero-order chi connectivity index (χ0) is 17.8. The number of rotatable bonds is 4. The van der Waals surface area contributed by atoms with Gasteiger partial charge < -0.3 is 14.4 Å². The van der Waals surface area contributed by atoms with Crippen LogP contribution in [0.2, 0.25) is 0 Å². The number of carbonyl (C=O) groups is 1. The summed E-state index contributed by atoms with van der Waals surface area (Å²) in [5.41, 5.74) is 3.30. The first-order chi connectivity index (χ1) is 12.1. The summed E-state index contributed by atoms with van der Waals surface area (Å²) in [7, 11) is 3.26. The molecule has 1 aliphatic rings. The van der Waals surface area contributed by atoms with E-state index in [1.165, 1.54) is 5.56 Å². The minimum atomic E-state index is 0.0143. The molecule has 0 spiro atoms. The van der Waals surface area contributed by atoms with Crippen molar-refractivity contribution in [2.45, 2.75) is 13.0 Å². The molecule has 0 unspecified atom stereocenters. The van der Waals surface area contributed by atoms with Gasteiger partial charge >= 0.3 is 0 Å². The van der Waals surface area contributed by atoms with E-state index >= 15 is 0 Å². The second-order valence-corrected chi connectivity index (χ2v) is 6.79. The second-order valence-electron chi connectivity index (χ2n) is 5.87. The molecule has 2 aromatic carbocycles. The van der Waals surface area contributed by atoms with Crippen LogP contribution in [0, 0.1) is 0 Å². The van der Waals surface area contributed by atoms with Crippen molar-refractivity contribution in [3.8, 4) is 11.5 Å². The van der Waals surface area contributed by atoms with Gasteiger partial charge in [0.25, 0.3) is 0 Å². The maximum atomic E-state index is 12.5. The molecule has 130 valence electrons. The monoisotopic (exact) mass is 401 g/mol. The minimum Gasteiger partial charge on any atom is -0.493 e. The first-order valence-corrected chi connectivity index (χ1v) is 8.86. The minimum absolute atomic E-state index is 0.0143. The zero-order valence-electron chi connectivity index (χ0n) is 14.3. The summed E-state index contributed by atoms with van der Waals surface area (Å²) >= 11 is 3.44. The fraction of sp³-hybridized carbons (Fsp3) is 0.250. The van der Waals surface area contributed by atoms with E-state index in [0.717, 1.165) is 27.8 Å². The lowest BCUT2D eigenvalue weighted by Gasteiger charge is -2.28. The third-order valence-corrected chi connectivity index (χ3v) is 4.79. The Balaban J connectivity index is 1.74. The molecule has 0 atom stereocenters. The lowest BCUT2D eigenvalue weighted by Crippen LogP contribution is -2.34. The normalized spacial score (nSPS) is 13.6. The highest BCUT2D eigenvalue weighted by molar-refractivity contribution is 9.10. The van der Waals surface area contributed by atoms with Crippen molar-refractivity contribution < 1.29 is 14.3 Å². The number of halogens is 1. The van der Waals surface area contributed by atoms with Crippen LogP contribution in [0.4, 0.5) is 0 Å². The molecular weight excluding hydrogens is 382 g/mol. The van der Waals surface area contributed by atoms with Gasteiger partial charge in [0.15, 0.2) is 11.5 Å². The summed E-state index contributed by atoms with van der Waals surface area (Å²) in [6.45, 7) is 1.28. The highest BCUT2D eigenvalue weighted by Crippen LogP contribution is 2.33. The van der Waals surface area contributed by atoms with Crippen LogP contribution < -0.4 is 9.47 Å². The molecule has 2 aromatic rings. The first kappa shape index (κ1) is 17.5. The molecule has 3 rings (SSSR count). The maximum Gasteiger partial charge on any atom is 0.246 e. The highest BCUT2D eigenvalue weighted by Gasteiger charge is 2.21. The van der Waals surface area contributed by atoms with Gasteiger partial charge in [-0.05, 0) is 53.5 Å². The van der Waals surface area contributed by atoms with Crippen molar-refractivity contribution in [3.63, 3.8) is 0 Å². The predicted octanol–water partition coefficient (Wildman–Crippen LogP) is 4.06. The Morgan fingerprint density at radius 2 is 1.84 bits per heavy atom. The number of carbonyl (C=O) groups excluding carboxylic acids is 1. The topological polar surface area (TPSA) is 38.8 Å². The number of ether oxygens (including phenoxy) is 2. The van der Waals surface area contributed by atoms with E-state index in [-0.39, 0.29) is 5.91 Å². The molecule has 5 heteroatoms. The Morgan fingerprint density at radius 1 is 1.12 bits per heavy atom. The Morgan fingerprint density at radius 3 is 2.52 bits per heavy atom. The van der Waals surface area contributed by atoms with Crippen molar-refractivity contribution in [2.75, 3.05) is 20.8 Å². The molecule has 0 fully saturated rings. The van der Waals surface area contributed by atoms with Gasteiger partial charge in [-0.25, -0.2) is 0 Å². The van der Waals surface area contributed by atoms with Crippen molar-refractivity contribution in [1.82, 2.24) is 4.90 Å². The van der Waals surface area contributed by atoms with E-state index in [9.17, 15) is 4.79 Å². The fourth-order valence-electron chi connectivity index (χ4n) is 2.95. The second kappa shape index (κ2) is 7.74. The summed E-state index contributed by atoms with van der Waals surface area (Å²) in [5, 5.41) is 0. The molecule has 25 heavy (non-hydrogen) atoms. The number of nitrogens with zero attached hydrogens (tertiary/aromatic N) is 1. The summed E-state index contributed by atoms with van der Waals surface area (Å²) in [5.74, 6) is 1.44. The zero-order valence-corrected chi connectivity index (χ0v) is 15.9. The average molecular weight is 402 g/mol. The molecule has 0 saturated heterocycles. The van der Waals surface area contributed by atoms with Crippen LogP contribution in [0.3, 0.4) is 0 Å². The van der Waals surface area contributed by atoms with Gasteiger partial charge in [-0.1, -0.05) is 28.1 Å². The molecule has 4 nitrogen and oxygen atoms in total. The largest absolute Gasteiger partial charge is 0.493 e. The Hall–Kier alpha value is -2.27. The Labute approximate surface area is 156 Å². The highest BCUT2D eigenvalue weighted by atomic mass is 79.9. The van der Waals surface area contributed by atoms with Crippen LogP contribution in [-0.4, -0.2) is 31.6 Å². The number of methoxy groups -OCH3 is 2. The molecule has 0 aliphatic carbocycles. The van der Waals surface area contributed by atoms with Crippen LogP contribution in [0.15, 0.2) is 46.9 Å². The van der Waals surface area contributed by atoms with Crippen LogP contribution >= 0.6 is 15.9 Å². The lowest BCUT2D eigenvalue weighted by molar-refractivity contribution is -0.126. The molecular formula is C20H20BrNO3. The van der Waals surface area contributed by atoms with Crippen LogP contribution in [0.5, 0.6) is 11.5 Å². The van der Waals surface area contributed by atoms with E-state index in [2.05, 4.69) is 15.9 Å². The van der Waals surface area contributed by atoms with Gasteiger partial charge in [0.2, 0.25) is 5.91 Å². The third kappa shape index (κ3) is 4.04. The van der Waals surface area contributed by atoms with Gasteiger partial charge in [-0.3, -0.25) is 4.79 Å². The number of benzene rings is 2. The number of hydrogen-bond donors (Lipinski definition) is 0. The molecule has 0 saturated carbocycles. The molecule has 1 heterocycles. The molecule has 1 amide bonds. The van der Waals surface area contributed by atoms with E-state index in [1.807, 2.05) is 47.4 Å². The average Bonchev–Trinajstić information content (AvgIpc) is 2.64. The molecule has 0 aromatic heterocycles. The number of amides is 1. The Kier molecular flexibility index (Phi) is 5.43. The smallest absolute Gasteiger partial charge is 0.246 e. The quantitative estimate of drug-likeness (QED) is 0.724. The summed E-state index contributed by atoms with van der Waals surface area (Å²) in [6, 6.07) is 11.8. The first-order valence-electron chi connectivity index (χ1n) is 8.07. The van der Waals surface area contributed by atoms with Gasteiger partial charge in [0.05, 0.1) is 14.2 Å². The standard InChI is InChI=1S/C20H20BrNO3/c1-24-18-11-15-8-9-22(13-16(15)12-19(18)25-2)20(23)7-6-14-4-3-5-17(21)10-14/h3-7,10-12H,8-9,13H2,1-2H3. The predicted molar refractivity (Wildman–Crippen MR) is 102 cm³/mol. The van der Waals surface area contributed by atoms with Crippen molar-refractivity contribution in [2.24, 2.45) is 0 Å². The summed E-state index contributed by atoms with van der Waals surface area (Å²) in [4.78, 5) is 14.4. The maximum absolute atomic E-state index is 12.5. The van der Waals surface area contributed by atoms with Gasteiger partial charge in [0, 0.05) is 23.6 Å². The number of hydrogen-bond acceptors (Lipinski definition) is 3. The molecule has 1 aliphatic heterocycles. The molecule has 0 N–H and O–H groups in total. The van der Waals surface area contributed by atoms with Crippen molar-refractivity contribution in [1.29, 1.82) is 0 Å². The van der Waals surface area contributed by atoms with E-state index < -0.39 is 0 Å². The van der Waals surface area contributed by atoms with Crippen LogP contribution in [-0.2, 0) is 17.8 Å². The van der Waals surface area contributed by atoms with Gasteiger partial charge in [-0.2, -0.15) is 0 Å². The lowest BCUT2D eigenvalue weighted by atomic mass is 9.98. The molecule has 0 radical (unpaired) electrons. The molecule has 0 bridgehead atoms. The van der Waals surface area contributed by atoms with Crippen molar-refractivity contribution >= 4 is 27.9 Å². The number of fused-ring (bicyclic) bond motifs is 1. The van der Waals surface area contributed by atoms with Crippen molar-refractivity contribution in [3.05, 3.63) is 63.6 Å². The van der Waals surface area contributed by atoms with Gasteiger partial charge in [-0.15, -0.1) is 0 Å². The summed E-state index contributed by atoms with van der Waals surface area (Å²) in [6.07, 6.45) is 4.29. The van der Waals surface area contributed by atoms with E-state index in [1.54, 1.807) is 20.3 Å². The van der Waals surface area contributed by atoms with Crippen LogP contribution in [0.25, 0.3) is 6.08 Å².